The molecule has 1 aliphatic carbocycles. The summed E-state index contributed by atoms with van der Waals surface area (Å²) in [6, 6.07) is 12.7. The molecule has 2 heterocycles. The van der Waals surface area contributed by atoms with Crippen LogP contribution in [0.1, 0.15) is 54.4 Å². The predicted molar refractivity (Wildman–Crippen MR) is 124 cm³/mol. The Morgan fingerprint density at radius 3 is 2.81 bits per heavy atom. The zero-order valence-electron chi connectivity index (χ0n) is 17.4. The van der Waals surface area contributed by atoms with Crippen molar-refractivity contribution in [1.82, 2.24) is 4.98 Å². The van der Waals surface area contributed by atoms with E-state index in [-0.39, 0.29) is 11.7 Å². The standard InChI is InChI=1S/C25H26FN3OS/c26-20-8-4-6-19(15-20)24(30)29-13-5-7-18-14-17(11-12-23(18)29)22-16-31-25(28-22)27-21-9-2-1-3-10-21/h4,6,8,11-12,14-16,21H,1-3,5,7,9-10,13H2,(H,27,28). The van der Waals surface area contributed by atoms with E-state index in [4.69, 9.17) is 4.98 Å². The summed E-state index contributed by atoms with van der Waals surface area (Å²) in [5.41, 5.74) is 4.49. The topological polar surface area (TPSA) is 45.2 Å². The van der Waals surface area contributed by atoms with E-state index in [1.54, 1.807) is 28.4 Å². The van der Waals surface area contributed by atoms with Gasteiger partial charge in [0.1, 0.15) is 5.82 Å². The molecule has 0 atom stereocenters. The number of hydrogen-bond donors (Lipinski definition) is 1. The van der Waals surface area contributed by atoms with Crippen LogP contribution < -0.4 is 10.2 Å². The van der Waals surface area contributed by atoms with Crippen molar-refractivity contribution in [3.05, 3.63) is 64.8 Å². The molecule has 0 spiro atoms. The van der Waals surface area contributed by atoms with Crippen LogP contribution in [-0.2, 0) is 6.42 Å². The first kappa shape index (κ1) is 20.2. The van der Waals surface area contributed by atoms with E-state index in [1.807, 2.05) is 12.1 Å². The first-order valence-electron chi connectivity index (χ1n) is 11.1. The van der Waals surface area contributed by atoms with Gasteiger partial charge in [-0.2, -0.15) is 0 Å². The molecule has 0 saturated heterocycles. The molecule has 1 saturated carbocycles. The summed E-state index contributed by atoms with van der Waals surface area (Å²) in [4.78, 5) is 19.6. The predicted octanol–water partition coefficient (Wildman–Crippen LogP) is 6.29. The Kier molecular flexibility index (Phi) is 5.72. The van der Waals surface area contributed by atoms with Gasteiger partial charge in [-0.05, 0) is 61.6 Å². The van der Waals surface area contributed by atoms with Crippen molar-refractivity contribution in [2.24, 2.45) is 0 Å². The highest BCUT2D eigenvalue weighted by Crippen LogP contribution is 2.34. The fourth-order valence-corrected chi connectivity index (χ4v) is 5.44. The number of aryl methyl sites for hydroxylation is 1. The van der Waals surface area contributed by atoms with Crippen molar-refractivity contribution in [3.63, 3.8) is 0 Å². The minimum absolute atomic E-state index is 0.152. The summed E-state index contributed by atoms with van der Waals surface area (Å²) in [5, 5.41) is 6.69. The second-order valence-electron chi connectivity index (χ2n) is 8.43. The number of fused-ring (bicyclic) bond motifs is 1. The lowest BCUT2D eigenvalue weighted by Crippen LogP contribution is -2.35. The third-order valence-corrected chi connectivity index (χ3v) is 7.02. The zero-order chi connectivity index (χ0) is 21.2. The van der Waals surface area contributed by atoms with Crippen LogP contribution in [0.2, 0.25) is 0 Å². The van der Waals surface area contributed by atoms with Gasteiger partial charge in [0, 0.05) is 34.8 Å². The third kappa shape index (κ3) is 4.35. The summed E-state index contributed by atoms with van der Waals surface area (Å²) < 4.78 is 13.6. The molecule has 31 heavy (non-hydrogen) atoms. The van der Waals surface area contributed by atoms with Crippen LogP contribution in [0.15, 0.2) is 47.8 Å². The summed E-state index contributed by atoms with van der Waals surface area (Å²) in [5.74, 6) is -0.541. The summed E-state index contributed by atoms with van der Waals surface area (Å²) in [6.45, 7) is 0.647. The molecule has 1 aliphatic heterocycles. The van der Waals surface area contributed by atoms with Crippen molar-refractivity contribution >= 4 is 28.1 Å². The number of rotatable bonds is 4. The molecule has 1 N–H and O–H groups in total. The first-order chi connectivity index (χ1) is 15.2. The molecule has 0 unspecified atom stereocenters. The van der Waals surface area contributed by atoms with Gasteiger partial charge in [0.25, 0.3) is 5.91 Å². The van der Waals surface area contributed by atoms with Crippen LogP contribution in [0.5, 0.6) is 0 Å². The molecular formula is C25H26FN3OS. The molecule has 3 aromatic rings. The minimum Gasteiger partial charge on any atom is -0.359 e. The van der Waals surface area contributed by atoms with Crippen molar-refractivity contribution in [1.29, 1.82) is 0 Å². The van der Waals surface area contributed by atoms with Crippen LogP contribution in [0.4, 0.5) is 15.2 Å². The first-order valence-corrected chi connectivity index (χ1v) is 12.0. The lowest BCUT2D eigenvalue weighted by Gasteiger charge is -2.30. The number of benzene rings is 2. The average molecular weight is 436 g/mol. The summed E-state index contributed by atoms with van der Waals surface area (Å²) in [6.07, 6.45) is 8.20. The van der Waals surface area contributed by atoms with E-state index in [0.717, 1.165) is 40.5 Å². The second-order valence-corrected chi connectivity index (χ2v) is 9.29. The van der Waals surface area contributed by atoms with Crippen LogP contribution >= 0.6 is 11.3 Å². The monoisotopic (exact) mass is 435 g/mol. The van der Waals surface area contributed by atoms with E-state index in [0.29, 0.717) is 18.2 Å². The molecule has 0 radical (unpaired) electrons. The molecule has 2 aliphatic rings. The maximum atomic E-state index is 13.6. The van der Waals surface area contributed by atoms with Crippen molar-refractivity contribution < 1.29 is 9.18 Å². The van der Waals surface area contributed by atoms with Crippen molar-refractivity contribution in [3.8, 4) is 11.3 Å². The number of nitrogens with one attached hydrogen (secondary N) is 1. The Hall–Kier alpha value is -2.73. The van der Waals surface area contributed by atoms with E-state index >= 15 is 0 Å². The Labute approximate surface area is 186 Å². The molecule has 6 heteroatoms. The maximum Gasteiger partial charge on any atom is 0.258 e. The largest absolute Gasteiger partial charge is 0.359 e. The smallest absolute Gasteiger partial charge is 0.258 e. The fourth-order valence-electron chi connectivity index (χ4n) is 4.64. The highest BCUT2D eigenvalue weighted by molar-refractivity contribution is 7.14. The summed E-state index contributed by atoms with van der Waals surface area (Å²) >= 11 is 1.66. The van der Waals surface area contributed by atoms with Crippen molar-refractivity contribution in [2.75, 3.05) is 16.8 Å². The van der Waals surface area contributed by atoms with Gasteiger partial charge >= 0.3 is 0 Å². The quantitative estimate of drug-likeness (QED) is 0.524. The van der Waals surface area contributed by atoms with Gasteiger partial charge in [-0.3, -0.25) is 4.79 Å². The highest BCUT2D eigenvalue weighted by Gasteiger charge is 2.24. The van der Waals surface area contributed by atoms with Gasteiger partial charge in [0.2, 0.25) is 0 Å². The molecule has 1 fully saturated rings. The van der Waals surface area contributed by atoms with Crippen LogP contribution in [0.25, 0.3) is 11.3 Å². The number of carbonyl (C=O) groups excluding carboxylic acids is 1. The van der Waals surface area contributed by atoms with Gasteiger partial charge in [-0.25, -0.2) is 9.37 Å². The Bertz CT molecular complexity index is 1090. The third-order valence-electron chi connectivity index (χ3n) is 6.25. The van der Waals surface area contributed by atoms with Gasteiger partial charge < -0.3 is 10.2 Å². The van der Waals surface area contributed by atoms with Crippen molar-refractivity contribution in [2.45, 2.75) is 51.0 Å². The number of thiazole rings is 1. The Balaban J connectivity index is 1.36. The molecule has 1 aromatic heterocycles. The molecule has 160 valence electrons. The minimum atomic E-state index is -0.389. The number of aromatic nitrogens is 1. The highest BCUT2D eigenvalue weighted by atomic mass is 32.1. The lowest BCUT2D eigenvalue weighted by atomic mass is 9.96. The zero-order valence-corrected chi connectivity index (χ0v) is 18.3. The number of nitrogens with zero attached hydrogens (tertiary/aromatic N) is 2. The molecule has 5 rings (SSSR count). The van der Waals surface area contributed by atoms with Crippen LogP contribution in [-0.4, -0.2) is 23.5 Å². The number of amides is 1. The molecule has 0 bridgehead atoms. The molecule has 4 nitrogen and oxygen atoms in total. The number of halogens is 1. The number of hydrogen-bond acceptors (Lipinski definition) is 4. The van der Waals surface area contributed by atoms with E-state index in [1.165, 1.54) is 44.2 Å². The summed E-state index contributed by atoms with van der Waals surface area (Å²) in [7, 11) is 0. The van der Waals surface area contributed by atoms with Gasteiger partial charge in [0.05, 0.1) is 5.69 Å². The SMILES string of the molecule is O=C(c1cccc(F)c1)N1CCCc2cc(-c3csc(NC4CCCCC4)n3)ccc21. The number of carbonyl (C=O) groups is 1. The van der Waals surface area contributed by atoms with E-state index < -0.39 is 0 Å². The molecule has 1 amide bonds. The van der Waals surface area contributed by atoms with E-state index in [2.05, 4.69) is 16.8 Å². The second kappa shape index (κ2) is 8.79. The van der Waals surface area contributed by atoms with Crippen LogP contribution in [0.3, 0.4) is 0 Å². The fraction of sp³-hybridized carbons (Fsp3) is 0.360. The van der Waals surface area contributed by atoms with E-state index in [9.17, 15) is 9.18 Å². The molecule has 2 aromatic carbocycles. The van der Waals surface area contributed by atoms with Gasteiger partial charge in [-0.1, -0.05) is 31.4 Å². The average Bonchev–Trinajstić information content (AvgIpc) is 3.27. The lowest BCUT2D eigenvalue weighted by molar-refractivity contribution is 0.0984. The number of anilines is 2. The maximum absolute atomic E-state index is 13.6. The Morgan fingerprint density at radius 1 is 1.10 bits per heavy atom. The normalized spacial score (nSPS) is 16.7. The van der Waals surface area contributed by atoms with Crippen LogP contribution in [0, 0.1) is 5.82 Å². The van der Waals surface area contributed by atoms with Gasteiger partial charge in [0.15, 0.2) is 5.13 Å². The van der Waals surface area contributed by atoms with Gasteiger partial charge in [-0.15, -0.1) is 11.3 Å². The Morgan fingerprint density at radius 2 is 1.97 bits per heavy atom. The molecular weight excluding hydrogens is 409 g/mol.